The molecule has 0 amide bonds. The third-order valence-corrected chi connectivity index (χ3v) is 3.31. The molecule has 0 unspecified atom stereocenters. The first-order valence-corrected chi connectivity index (χ1v) is 7.08. The van der Waals surface area contributed by atoms with Crippen molar-refractivity contribution in [2.75, 3.05) is 11.5 Å². The maximum Gasteiger partial charge on any atom is 0.296 e. The third kappa shape index (κ3) is 9.27. The predicted octanol–water partition coefficient (Wildman–Crippen LogP) is 2.94. The van der Waals surface area contributed by atoms with Crippen molar-refractivity contribution in [2.45, 2.75) is 33.6 Å². The van der Waals surface area contributed by atoms with Crippen molar-refractivity contribution < 1.29 is 75.3 Å². The minimum atomic E-state index is -0.837. The summed E-state index contributed by atoms with van der Waals surface area (Å²) in [5, 5.41) is 8.52. The van der Waals surface area contributed by atoms with E-state index in [1.165, 1.54) is 11.1 Å². The molecule has 0 saturated heterocycles. The first kappa shape index (κ1) is 26.0. The second-order valence-electron chi connectivity index (χ2n) is 5.12. The van der Waals surface area contributed by atoms with Crippen LogP contribution in [0.1, 0.15) is 29.2 Å². The standard InChI is InChI=1S/C9H10NO2.C9H12N.2Y/c1-6-4-8(10)3-2-7(6)5-9(11)12;1-3-8-4-5-9(10)6-7(8)2;;/h2,4H,5,10H2,1H3,(H,11,12);4,6H,3,10H2,1-2H3;;/q2*-1;;. The molecule has 2 aromatic carbocycles. The molecule has 0 fully saturated rings. The fourth-order valence-corrected chi connectivity index (χ4v) is 2.04. The van der Waals surface area contributed by atoms with Crippen LogP contribution in [-0.4, -0.2) is 11.1 Å². The minimum absolute atomic E-state index is 0. The summed E-state index contributed by atoms with van der Waals surface area (Å²) >= 11 is 0. The van der Waals surface area contributed by atoms with Crippen molar-refractivity contribution in [3.05, 3.63) is 58.7 Å². The zero-order valence-electron chi connectivity index (χ0n) is 14.4. The molecule has 2 rings (SSSR count). The second-order valence-corrected chi connectivity index (χ2v) is 5.12. The molecule has 0 aliphatic carbocycles. The van der Waals surface area contributed by atoms with Crippen LogP contribution < -0.4 is 11.5 Å². The summed E-state index contributed by atoms with van der Waals surface area (Å²) in [6.45, 7) is 6.04. The van der Waals surface area contributed by atoms with Gasteiger partial charge in [0.15, 0.2) is 0 Å². The van der Waals surface area contributed by atoms with Gasteiger partial charge in [-0.25, -0.2) is 0 Å². The molecule has 0 aliphatic rings. The summed E-state index contributed by atoms with van der Waals surface area (Å²) in [6.07, 6.45) is 1.09. The van der Waals surface area contributed by atoms with Crippen molar-refractivity contribution in [3.8, 4) is 0 Å². The Labute approximate surface area is 194 Å². The first-order valence-electron chi connectivity index (χ1n) is 7.08. The van der Waals surface area contributed by atoms with E-state index in [9.17, 15) is 4.79 Å². The van der Waals surface area contributed by atoms with Crippen molar-refractivity contribution >= 4 is 17.3 Å². The molecule has 24 heavy (non-hydrogen) atoms. The van der Waals surface area contributed by atoms with E-state index in [1.54, 1.807) is 12.1 Å². The summed E-state index contributed by atoms with van der Waals surface area (Å²) in [4.78, 5) is 10.4. The van der Waals surface area contributed by atoms with Crippen molar-refractivity contribution in [1.82, 2.24) is 0 Å². The van der Waals surface area contributed by atoms with Gasteiger partial charge in [-0.1, -0.05) is 38.6 Å². The molecule has 6 heteroatoms. The molecule has 0 heterocycles. The number of rotatable bonds is 3. The number of nitrogen functional groups attached to an aromatic ring is 2. The number of aryl methyl sites for hydroxylation is 3. The molecule has 4 nitrogen and oxygen atoms in total. The van der Waals surface area contributed by atoms with E-state index in [-0.39, 0.29) is 71.8 Å². The van der Waals surface area contributed by atoms with Crippen LogP contribution in [-0.2, 0) is 83.1 Å². The number of carboxylic acid groups (broad SMARTS) is 1. The zero-order valence-corrected chi connectivity index (χ0v) is 20.1. The van der Waals surface area contributed by atoms with E-state index >= 15 is 0 Å². The molecule has 2 aromatic rings. The van der Waals surface area contributed by atoms with E-state index < -0.39 is 5.97 Å². The Balaban J connectivity index is 0. The zero-order chi connectivity index (χ0) is 16.7. The topological polar surface area (TPSA) is 89.3 Å². The first-order chi connectivity index (χ1) is 10.3. The molecule has 0 spiro atoms. The van der Waals surface area contributed by atoms with Gasteiger partial charge in [-0.2, -0.15) is 41.0 Å². The SMILES string of the molecule is CCc1c[c-]c(N)cc1C.Cc1cc(N)[c-]cc1CC(=O)O.[Y].[Y]. The number of aliphatic carboxylic acids is 1. The van der Waals surface area contributed by atoms with Crippen LogP contribution in [0.5, 0.6) is 0 Å². The minimum Gasteiger partial charge on any atom is -0.482 e. The normalized spacial score (nSPS) is 8.96. The van der Waals surface area contributed by atoms with Crippen molar-refractivity contribution in [3.63, 3.8) is 0 Å². The van der Waals surface area contributed by atoms with Gasteiger partial charge in [0.25, 0.3) is 5.97 Å². The van der Waals surface area contributed by atoms with E-state index in [0.29, 0.717) is 5.69 Å². The van der Waals surface area contributed by atoms with Crippen molar-refractivity contribution in [2.24, 2.45) is 0 Å². The van der Waals surface area contributed by atoms with Gasteiger partial charge in [-0.3, -0.25) is 4.79 Å². The fourth-order valence-electron chi connectivity index (χ4n) is 2.04. The van der Waals surface area contributed by atoms with Crippen LogP contribution in [0.25, 0.3) is 0 Å². The maximum atomic E-state index is 10.4. The van der Waals surface area contributed by atoms with Crippen LogP contribution in [0.3, 0.4) is 0 Å². The summed E-state index contributed by atoms with van der Waals surface area (Å²) < 4.78 is 0. The van der Waals surface area contributed by atoms with Crippen LogP contribution in [0.4, 0.5) is 11.4 Å². The third-order valence-electron chi connectivity index (χ3n) is 3.31. The largest absolute Gasteiger partial charge is 0.482 e. The summed E-state index contributed by atoms with van der Waals surface area (Å²) in [5.74, 6) is -0.837. The summed E-state index contributed by atoms with van der Waals surface area (Å²) in [5.41, 5.74) is 16.5. The molecule has 0 aromatic heterocycles. The van der Waals surface area contributed by atoms with Crippen LogP contribution in [0.2, 0.25) is 0 Å². The van der Waals surface area contributed by atoms with Gasteiger partial charge in [0.05, 0.1) is 0 Å². The molecular formula is C18H22N2O2Y2-2. The quantitative estimate of drug-likeness (QED) is 0.470. The van der Waals surface area contributed by atoms with Gasteiger partial charge in [-0.15, -0.1) is 17.7 Å². The molecule has 5 N–H and O–H groups in total. The fraction of sp³-hybridized carbons (Fsp3) is 0.278. The molecule has 0 atom stereocenters. The van der Waals surface area contributed by atoms with Gasteiger partial charge in [0.1, 0.15) is 0 Å². The van der Waals surface area contributed by atoms with Crippen LogP contribution >= 0.6 is 0 Å². The smallest absolute Gasteiger partial charge is 0.296 e. The molecular weight excluding hydrogens is 454 g/mol. The van der Waals surface area contributed by atoms with Gasteiger partial charge in [0, 0.05) is 71.8 Å². The summed E-state index contributed by atoms with van der Waals surface area (Å²) in [7, 11) is 0. The average Bonchev–Trinajstić information content (AvgIpc) is 2.42. The Morgan fingerprint density at radius 3 is 1.75 bits per heavy atom. The Kier molecular flexibility index (Phi) is 14.0. The molecule has 0 saturated carbocycles. The summed E-state index contributed by atoms with van der Waals surface area (Å²) in [6, 6.07) is 13.0. The van der Waals surface area contributed by atoms with Crippen LogP contribution in [0.15, 0.2) is 24.3 Å². The van der Waals surface area contributed by atoms with Gasteiger partial charge >= 0.3 is 0 Å². The van der Waals surface area contributed by atoms with E-state index in [1.807, 2.05) is 19.1 Å². The maximum absolute atomic E-state index is 10.4. The van der Waals surface area contributed by atoms with Crippen molar-refractivity contribution in [1.29, 1.82) is 0 Å². The molecule has 124 valence electrons. The molecule has 0 aliphatic heterocycles. The Morgan fingerprint density at radius 2 is 1.42 bits per heavy atom. The van der Waals surface area contributed by atoms with E-state index in [4.69, 9.17) is 16.6 Å². The van der Waals surface area contributed by atoms with E-state index in [0.717, 1.165) is 23.2 Å². The number of carbonyl (C=O) groups is 1. The number of hydrogen-bond acceptors (Lipinski definition) is 3. The Morgan fingerprint density at radius 1 is 1.00 bits per heavy atom. The van der Waals surface area contributed by atoms with E-state index in [2.05, 4.69) is 26.0 Å². The molecule has 2 radical (unpaired) electrons. The Bertz CT molecular complexity index is 661. The average molecular weight is 476 g/mol. The number of anilines is 2. The number of nitrogens with two attached hydrogens (primary N) is 2. The predicted molar refractivity (Wildman–Crippen MR) is 89.6 cm³/mol. The van der Waals surface area contributed by atoms with Gasteiger partial charge < -0.3 is 16.6 Å². The Hall–Kier alpha value is -0.282. The number of hydrogen-bond donors (Lipinski definition) is 3. The number of carboxylic acids is 1. The van der Waals surface area contributed by atoms with Gasteiger partial charge in [-0.05, 0) is 0 Å². The van der Waals surface area contributed by atoms with Gasteiger partial charge in [0.2, 0.25) is 0 Å². The number of benzene rings is 2. The monoisotopic (exact) mass is 476 g/mol. The molecule has 0 bridgehead atoms. The van der Waals surface area contributed by atoms with Crippen LogP contribution in [0, 0.1) is 26.0 Å². The second kappa shape index (κ2) is 13.0.